The molecule has 2 aliphatic carbocycles. The summed E-state index contributed by atoms with van der Waals surface area (Å²) in [6.45, 7) is 4.22. The molecule has 2 saturated carbocycles. The molecule has 11 N–H and O–H groups in total. The number of Topliss-reactive ketones (excluding diaryl/α,β-unsaturated/α-hetero) is 1. The third kappa shape index (κ3) is 21.2. The Bertz CT molecular complexity index is 3840. The number of aromatic nitrogens is 8. The molecule has 4 saturated heterocycles. The summed E-state index contributed by atoms with van der Waals surface area (Å²) in [4.78, 5) is 97.5. The molecule has 6 aliphatic rings. The van der Waals surface area contributed by atoms with E-state index in [0.717, 1.165) is 113 Å². The predicted octanol–water partition coefficient (Wildman–Crippen LogP) is 5.67. The molecular formula is C60H93Cl2N12O23P3S3. The number of hydrogen-bond acceptors (Lipinski definition) is 30. The maximum atomic E-state index is 13.8. The van der Waals surface area contributed by atoms with E-state index >= 15 is 0 Å². The van der Waals surface area contributed by atoms with Crippen molar-refractivity contribution in [3.63, 3.8) is 0 Å². The van der Waals surface area contributed by atoms with Crippen LogP contribution in [-0.4, -0.2) is 202 Å². The second kappa shape index (κ2) is 35.5. The molecule has 8 heterocycles. The molecule has 3 unspecified atom stereocenters. The third-order valence-corrected chi connectivity index (χ3v) is 31.6. The lowest BCUT2D eigenvalue weighted by molar-refractivity contribution is -0.149. The molecule has 10 rings (SSSR count). The van der Waals surface area contributed by atoms with Crippen LogP contribution in [0.1, 0.15) is 152 Å². The Morgan fingerprint density at radius 1 is 0.718 bits per heavy atom. The Kier molecular flexibility index (Phi) is 29.2. The largest absolute Gasteiger partial charge is 0.479 e. The topological polar surface area (TPSA) is 482 Å². The molecule has 6 fully saturated rings. The number of alkyl halides is 2. The van der Waals surface area contributed by atoms with E-state index in [1.807, 2.05) is 0 Å². The molecule has 0 amide bonds. The van der Waals surface area contributed by atoms with E-state index in [0.29, 0.717) is 17.7 Å². The fourth-order valence-electron chi connectivity index (χ4n) is 12.0. The fourth-order valence-corrected chi connectivity index (χ4v) is 26.3. The number of carbonyl (C=O) groups excluding carboxylic acids is 3. The number of anilines is 1. The molecule has 0 radical (unpaired) electrons. The summed E-state index contributed by atoms with van der Waals surface area (Å²) in [5.74, 6) is -0.576. The Labute approximate surface area is 615 Å². The highest BCUT2D eigenvalue weighted by Gasteiger charge is 2.57. The number of hydrogen-bond donors (Lipinski definition) is 10. The number of nitrogens with one attached hydrogen (secondary N) is 5. The van der Waals surface area contributed by atoms with Crippen molar-refractivity contribution in [2.24, 2.45) is 0 Å². The molecule has 0 bridgehead atoms. The first kappa shape index (κ1) is 84.5. The summed E-state index contributed by atoms with van der Waals surface area (Å²) in [5, 5.41) is 52.1. The number of ether oxygens (including phenoxy) is 6. The van der Waals surface area contributed by atoms with Gasteiger partial charge in [-0.3, -0.25) is 61.3 Å². The first-order valence-electron chi connectivity index (χ1n) is 33.5. The summed E-state index contributed by atoms with van der Waals surface area (Å²) in [7, 11) is 1.41. The van der Waals surface area contributed by atoms with Crippen LogP contribution in [0.5, 0.6) is 5.88 Å². The summed E-state index contributed by atoms with van der Waals surface area (Å²) in [5.41, 5.74) is 1.89. The average molecular weight is 1610 g/mol. The number of nitrogen functional groups attached to an aromatic ring is 1. The Balaban J connectivity index is 0.000000196. The second-order valence-corrected chi connectivity index (χ2v) is 41.7. The molecule has 0 aromatic carbocycles. The second-order valence-electron chi connectivity index (χ2n) is 26.7. The average Bonchev–Trinajstić information content (AvgIpc) is 1.66. The molecule has 43 heteroatoms. The van der Waals surface area contributed by atoms with E-state index in [1.165, 1.54) is 58.1 Å². The summed E-state index contributed by atoms with van der Waals surface area (Å²) < 4.78 is 94.9. The van der Waals surface area contributed by atoms with Crippen LogP contribution < -0.4 is 48.2 Å². The smallest absolute Gasteiger partial charge is 0.330 e. The van der Waals surface area contributed by atoms with Crippen LogP contribution >= 0.6 is 77.5 Å². The number of rotatable bonds is 26. The molecule has 0 spiro atoms. The monoisotopic (exact) mass is 1610 g/mol. The van der Waals surface area contributed by atoms with Crippen molar-refractivity contribution in [3.8, 4) is 5.88 Å². The van der Waals surface area contributed by atoms with Gasteiger partial charge in [-0.15, -0.1) is 23.2 Å². The van der Waals surface area contributed by atoms with Crippen LogP contribution in [0, 0.1) is 0 Å². The first-order valence-corrected chi connectivity index (χ1v) is 43.7. The summed E-state index contributed by atoms with van der Waals surface area (Å²) in [6.07, 6.45) is 1.68. The van der Waals surface area contributed by atoms with Gasteiger partial charge in [0.15, 0.2) is 29.8 Å². The zero-order valence-electron chi connectivity index (χ0n) is 58.7. The van der Waals surface area contributed by atoms with Crippen molar-refractivity contribution >= 4 is 112 Å². The molecular weight excluding hydrogens is 1520 g/mol. The minimum absolute atomic E-state index is 0.0613. The number of carbonyl (C=O) groups is 3. The lowest BCUT2D eigenvalue weighted by Crippen LogP contribution is -2.44. The first-order chi connectivity index (χ1) is 48.2. The number of imidazole rings is 1. The lowest BCUT2D eigenvalue weighted by Gasteiger charge is -2.27. The SMILES string of the molecule is CC(C)OC(=O)C(C)NP(=O)(OC[C@H]1O[C@@H](n2ccc(=O)[nH]c2=O)[C@](C)(Cl)[C@@H]1O)SC1CCCC1.CC(C)OC(=O)[C@@H](C)NP(=O)(OC[C@H]1O[C@@H](n2ccc(=O)[nH]c2=O)[C@](C)(Cl)[C@@H]1O)SC1CCCC1.COc1nc(N)nc2c1ncn2[C@@H]1O[C@H](CO[P@]2(=O)N[C@H](C(C)=O)CCCS2)[C@@H](O)[C@@]1(C)O. The molecule has 103 heavy (non-hydrogen) atoms. The third-order valence-electron chi connectivity index (χ3n) is 17.5. The van der Waals surface area contributed by atoms with Gasteiger partial charge in [-0.05, 0) is 108 Å². The number of aliphatic hydroxyl groups excluding tert-OH is 3. The minimum atomic E-state index is -3.63. The van der Waals surface area contributed by atoms with Crippen LogP contribution in [0.3, 0.4) is 0 Å². The van der Waals surface area contributed by atoms with Crippen molar-refractivity contribution in [2.45, 2.75) is 245 Å². The quantitative estimate of drug-likeness (QED) is 0.0206. The molecule has 18 atom stereocenters. The molecule has 4 aliphatic heterocycles. The van der Waals surface area contributed by atoms with Gasteiger partial charge >= 0.3 is 43.5 Å². The maximum absolute atomic E-state index is 13.8. The number of aromatic amines is 2. The predicted molar refractivity (Wildman–Crippen MR) is 385 cm³/mol. The highest BCUT2D eigenvalue weighted by atomic mass is 35.5. The lowest BCUT2D eigenvalue weighted by atomic mass is 9.96. The van der Waals surface area contributed by atoms with E-state index in [-0.39, 0.29) is 65.8 Å². The van der Waals surface area contributed by atoms with Crippen molar-refractivity contribution in [2.75, 3.05) is 38.4 Å². The zero-order chi connectivity index (χ0) is 75.9. The summed E-state index contributed by atoms with van der Waals surface area (Å²) >= 11 is 16.5. The number of methoxy groups -OCH3 is 1. The van der Waals surface area contributed by atoms with Gasteiger partial charge in [0.2, 0.25) is 11.8 Å². The number of esters is 2. The minimum Gasteiger partial charge on any atom is -0.479 e. The van der Waals surface area contributed by atoms with Gasteiger partial charge in [0.05, 0.1) is 51.5 Å². The molecule has 35 nitrogen and oxygen atoms in total. The number of nitrogens with two attached hydrogens (primary N) is 1. The van der Waals surface area contributed by atoms with Gasteiger partial charge < -0.3 is 68.2 Å². The zero-order valence-corrected chi connectivity index (χ0v) is 65.3. The van der Waals surface area contributed by atoms with E-state index in [9.17, 15) is 67.7 Å². The van der Waals surface area contributed by atoms with Crippen LogP contribution in [0.25, 0.3) is 11.2 Å². The standard InChI is InChI=1S/2C21H33ClN3O8PS.C18H27N6O7PS/c2*1-12(2)32-18(28)13(3)24-34(30,35-14-7-5-6-8-14)31-11-15-17(27)21(4,22)19(33-15)25-10-9-16(26)23-20(25)29;1-9(25)10-5-4-6-33-32(28,23-10)30-7-11-13(26)18(2,27)16(31-11)24-8-20-12-14(24)21-17(19)22-15(12)29-3/h2*9-10,12-15,17,19,27H,5-8,11H2,1-4H3,(H,24,30)(H,23,26,29);8,10-11,13,16,26-27H,4-7H2,1-3H3,(H,23,28)(H2,19,21,22)/t13?,15-,17-,19-,21-,34?;13-,15-,17-,19-,21-,34?;10-,11+,13+,16+,18+,32+/m110/s1. The molecule has 578 valence electrons. The van der Waals surface area contributed by atoms with Crippen LogP contribution in [-0.2, 0) is 65.3 Å². The van der Waals surface area contributed by atoms with Gasteiger partial charge in [-0.2, -0.15) is 9.97 Å². The maximum Gasteiger partial charge on any atom is 0.330 e. The Morgan fingerprint density at radius 2 is 1.17 bits per heavy atom. The molecule has 4 aromatic rings. The highest BCUT2D eigenvalue weighted by molar-refractivity contribution is 8.56. The number of nitrogens with zero attached hydrogens (tertiary/aromatic N) is 6. The van der Waals surface area contributed by atoms with Gasteiger partial charge in [-0.1, -0.05) is 59.8 Å². The molecule has 4 aromatic heterocycles. The number of H-pyrrole nitrogens is 2. The van der Waals surface area contributed by atoms with E-state index < -0.39 is 143 Å². The van der Waals surface area contributed by atoms with E-state index in [1.54, 1.807) is 41.5 Å². The van der Waals surface area contributed by atoms with Crippen molar-refractivity contribution in [1.82, 2.24) is 53.9 Å². The van der Waals surface area contributed by atoms with Crippen LogP contribution in [0.4, 0.5) is 5.95 Å². The van der Waals surface area contributed by atoms with Gasteiger partial charge in [0, 0.05) is 40.8 Å². The highest BCUT2D eigenvalue weighted by Crippen LogP contribution is 2.63. The van der Waals surface area contributed by atoms with Crippen molar-refractivity contribution < 1.29 is 90.5 Å². The van der Waals surface area contributed by atoms with E-state index in [4.69, 9.17) is 70.9 Å². The van der Waals surface area contributed by atoms with Crippen molar-refractivity contribution in [3.05, 3.63) is 72.5 Å². The van der Waals surface area contributed by atoms with Crippen LogP contribution in [0.15, 0.2) is 50.0 Å². The van der Waals surface area contributed by atoms with E-state index in [2.05, 4.69) is 40.2 Å². The normalized spacial score (nSPS) is 31.5. The number of ketones is 1. The number of aliphatic hydroxyl groups is 4. The van der Waals surface area contributed by atoms with Gasteiger partial charge in [0.25, 0.3) is 11.1 Å². The number of fused-ring (bicyclic) bond motifs is 1. The fraction of sp³-hybridized carbons (Fsp3) is 0.733. The van der Waals surface area contributed by atoms with Gasteiger partial charge in [-0.25, -0.2) is 29.8 Å². The Hall–Kier alpha value is -4.08. The van der Waals surface area contributed by atoms with Gasteiger partial charge in [0.1, 0.15) is 69.8 Å². The van der Waals surface area contributed by atoms with Crippen LogP contribution in [0.2, 0.25) is 0 Å². The number of halogens is 2. The van der Waals surface area contributed by atoms with Crippen molar-refractivity contribution in [1.29, 1.82) is 0 Å². The summed E-state index contributed by atoms with van der Waals surface area (Å²) in [6, 6.07) is -0.0627. The Morgan fingerprint density at radius 3 is 1.59 bits per heavy atom.